The van der Waals surface area contributed by atoms with Gasteiger partial charge in [-0.25, -0.2) is 9.59 Å². The lowest BCUT2D eigenvalue weighted by molar-refractivity contribution is -0.216. The van der Waals surface area contributed by atoms with Crippen LogP contribution in [0.4, 0.5) is 0 Å². The highest BCUT2D eigenvalue weighted by Crippen LogP contribution is 2.71. The van der Waals surface area contributed by atoms with Gasteiger partial charge in [0.2, 0.25) is 0 Å². The molecular weight excluding hydrogens is 648 g/mol. The first-order chi connectivity index (χ1) is 23.8. The molecule has 8 rings (SSSR count). The zero-order valence-electron chi connectivity index (χ0n) is 28.9. The van der Waals surface area contributed by atoms with Crippen molar-refractivity contribution < 1.29 is 58.2 Å². The number of ketones is 3. The lowest BCUT2D eigenvalue weighted by Crippen LogP contribution is -2.74. The van der Waals surface area contributed by atoms with Crippen molar-refractivity contribution in [2.45, 2.75) is 140 Å². The average Bonchev–Trinajstić information content (AvgIpc) is 4.02. The topological polar surface area (TPSA) is 190 Å². The Morgan fingerprint density at radius 1 is 0.840 bits per heavy atom. The number of aliphatic carboxylic acids is 2. The first kappa shape index (κ1) is 35.0. The largest absolute Gasteiger partial charge is 0.497 e. The molecular formula is C38H46O12. The van der Waals surface area contributed by atoms with E-state index in [2.05, 4.69) is 13.8 Å². The van der Waals surface area contributed by atoms with Crippen molar-refractivity contribution in [3.05, 3.63) is 46.3 Å². The number of Topliss-reactive ketones (excluding diaryl/α,β-unsaturated/α-hetero) is 3. The molecule has 11 atom stereocenters. The number of carbonyl (C=O) groups is 5. The fourth-order valence-corrected chi connectivity index (χ4v) is 9.67. The Labute approximate surface area is 290 Å². The molecule has 11 unspecified atom stereocenters. The number of fused-ring (bicyclic) bond motifs is 3. The molecule has 0 radical (unpaired) electrons. The number of hydrogen-bond donors (Lipinski definition) is 3. The molecule has 1 saturated carbocycles. The van der Waals surface area contributed by atoms with E-state index in [1.807, 2.05) is 0 Å². The van der Waals surface area contributed by atoms with Crippen LogP contribution in [0.3, 0.4) is 0 Å². The molecule has 0 amide bonds. The van der Waals surface area contributed by atoms with Gasteiger partial charge >= 0.3 is 11.9 Å². The molecule has 50 heavy (non-hydrogen) atoms. The normalized spacial score (nSPS) is 41.0. The van der Waals surface area contributed by atoms with Gasteiger partial charge in [0, 0.05) is 47.0 Å². The maximum atomic E-state index is 15.4. The van der Waals surface area contributed by atoms with Gasteiger partial charge < -0.3 is 34.3 Å². The molecule has 0 aromatic carbocycles. The number of carboxylic acid groups (broad SMARTS) is 2. The monoisotopic (exact) mass is 694 g/mol. The molecule has 12 nitrogen and oxygen atoms in total. The van der Waals surface area contributed by atoms with E-state index < -0.39 is 88.6 Å². The Hall–Kier alpha value is -3.45. The molecule has 5 heterocycles. The van der Waals surface area contributed by atoms with Crippen LogP contribution in [0.15, 0.2) is 46.3 Å². The first-order valence-corrected chi connectivity index (χ1v) is 18.1. The summed E-state index contributed by atoms with van der Waals surface area (Å²) < 4.78 is 25.3. The van der Waals surface area contributed by atoms with Crippen LogP contribution < -0.4 is 0 Å². The highest BCUT2D eigenvalue weighted by Gasteiger charge is 2.84. The van der Waals surface area contributed by atoms with Gasteiger partial charge in [-0.15, -0.1) is 0 Å². The second-order valence-electron chi connectivity index (χ2n) is 15.1. The fraction of sp³-hybridized carbons (Fsp3) is 0.658. The predicted octanol–water partition coefficient (Wildman–Crippen LogP) is 3.94. The number of unbranched alkanes of at least 4 members (excludes halogenated alkanes) is 4. The molecule has 3 N–H and O–H groups in total. The molecule has 1 spiro atoms. The Kier molecular flexibility index (Phi) is 8.64. The van der Waals surface area contributed by atoms with Gasteiger partial charge in [-0.3, -0.25) is 14.4 Å². The van der Waals surface area contributed by atoms with Crippen molar-refractivity contribution in [3.8, 4) is 0 Å². The summed E-state index contributed by atoms with van der Waals surface area (Å²) >= 11 is 0. The van der Waals surface area contributed by atoms with E-state index in [4.69, 9.17) is 18.9 Å². The van der Waals surface area contributed by atoms with Gasteiger partial charge in [-0.1, -0.05) is 58.1 Å². The average molecular weight is 695 g/mol. The van der Waals surface area contributed by atoms with Crippen LogP contribution in [-0.2, 0) is 42.9 Å². The van der Waals surface area contributed by atoms with E-state index in [9.17, 15) is 34.5 Å². The molecule has 0 aromatic rings. The Bertz CT molecular complexity index is 1670. The van der Waals surface area contributed by atoms with Crippen molar-refractivity contribution in [3.63, 3.8) is 0 Å². The molecule has 0 aromatic heterocycles. The van der Waals surface area contributed by atoms with Gasteiger partial charge in [0.05, 0.1) is 18.5 Å². The molecule has 3 aliphatic carbocycles. The quantitative estimate of drug-likeness (QED) is 0.135. The number of ether oxygens (including phenoxy) is 4. The highest BCUT2D eigenvalue weighted by atomic mass is 16.6. The van der Waals surface area contributed by atoms with Crippen LogP contribution in [0.5, 0.6) is 0 Å². The van der Waals surface area contributed by atoms with Crippen molar-refractivity contribution in [1.29, 1.82) is 0 Å². The zero-order chi connectivity index (χ0) is 35.9. The molecule has 2 bridgehead atoms. The van der Waals surface area contributed by atoms with Gasteiger partial charge in [0.15, 0.2) is 34.7 Å². The summed E-state index contributed by atoms with van der Waals surface area (Å²) in [6.45, 7) is 7.01. The smallest absolute Gasteiger partial charge is 0.330 e. The Morgan fingerprint density at radius 3 is 2.04 bits per heavy atom. The van der Waals surface area contributed by atoms with Gasteiger partial charge in [0.1, 0.15) is 23.7 Å². The molecule has 8 aliphatic rings. The van der Waals surface area contributed by atoms with Crippen LogP contribution in [0.1, 0.15) is 91.9 Å². The lowest BCUT2D eigenvalue weighted by atomic mass is 9.43. The van der Waals surface area contributed by atoms with E-state index in [-0.39, 0.29) is 40.9 Å². The number of aliphatic hydroxyl groups is 1. The number of hydrogen-bond acceptors (Lipinski definition) is 10. The molecule has 4 fully saturated rings. The van der Waals surface area contributed by atoms with Crippen LogP contribution >= 0.6 is 0 Å². The summed E-state index contributed by atoms with van der Waals surface area (Å²) in [6, 6.07) is 0. The van der Waals surface area contributed by atoms with E-state index in [1.165, 1.54) is 32.3 Å². The fourth-order valence-electron chi connectivity index (χ4n) is 9.67. The van der Waals surface area contributed by atoms with Crippen LogP contribution in [0.25, 0.3) is 0 Å². The van der Waals surface area contributed by atoms with Crippen LogP contribution in [0.2, 0.25) is 0 Å². The van der Waals surface area contributed by atoms with Crippen molar-refractivity contribution >= 4 is 29.3 Å². The summed E-state index contributed by atoms with van der Waals surface area (Å²) in [5.41, 5.74) is -3.95. The van der Waals surface area contributed by atoms with E-state index >= 15 is 4.79 Å². The third kappa shape index (κ3) is 4.74. The number of epoxide rings is 2. The lowest BCUT2D eigenvalue weighted by Gasteiger charge is -2.64. The number of aliphatic hydroxyl groups excluding tert-OH is 1. The van der Waals surface area contributed by atoms with Crippen LogP contribution in [-0.4, -0.2) is 92.4 Å². The predicted molar refractivity (Wildman–Crippen MR) is 175 cm³/mol. The van der Waals surface area contributed by atoms with Gasteiger partial charge in [-0.05, 0) is 38.7 Å². The Morgan fingerprint density at radius 2 is 1.44 bits per heavy atom. The number of rotatable bonds is 14. The van der Waals surface area contributed by atoms with E-state index in [0.717, 1.165) is 38.5 Å². The van der Waals surface area contributed by atoms with Gasteiger partial charge in [-0.2, -0.15) is 0 Å². The minimum absolute atomic E-state index is 0.0128. The second-order valence-corrected chi connectivity index (χ2v) is 15.1. The van der Waals surface area contributed by atoms with Crippen molar-refractivity contribution in [2.24, 2.45) is 17.3 Å². The van der Waals surface area contributed by atoms with E-state index in [0.29, 0.717) is 18.4 Å². The molecule has 270 valence electrons. The summed E-state index contributed by atoms with van der Waals surface area (Å²) in [7, 11) is 0. The molecule has 12 heteroatoms. The summed E-state index contributed by atoms with van der Waals surface area (Å²) in [5, 5.41) is 31.1. The minimum Gasteiger partial charge on any atom is -0.497 e. The highest BCUT2D eigenvalue weighted by molar-refractivity contribution is 6.20. The third-order valence-corrected chi connectivity index (χ3v) is 12.4. The molecule has 5 aliphatic heterocycles. The van der Waals surface area contributed by atoms with E-state index in [1.54, 1.807) is 0 Å². The minimum atomic E-state index is -1.65. The maximum Gasteiger partial charge on any atom is 0.330 e. The second kappa shape index (κ2) is 12.4. The molecule has 3 saturated heterocycles. The Balaban J connectivity index is 1.40. The summed E-state index contributed by atoms with van der Waals surface area (Å²) in [4.78, 5) is 67.8. The summed E-state index contributed by atoms with van der Waals surface area (Å²) in [5.74, 6) is -4.93. The number of carboxylic acids is 2. The number of carbonyl (C=O) groups excluding carboxylic acids is 3. The zero-order valence-corrected chi connectivity index (χ0v) is 28.9. The van der Waals surface area contributed by atoms with Gasteiger partial charge in [0.25, 0.3) is 0 Å². The standard InChI is InChI=1S/C38H46O12/c1-5-7-9-11-21-23-24-25(28(40)32-36(49-32,29(24)41)15-13-18(3)33(42)43)30(48-21)38-20(17-47-22(26(23)38)12-10-8-6-2)27(39)31-37(50-31,35(38)46)16-14-19(4)34(44)45/h13-14,17,21-23,26,28,30-32,40H,5-12,15-16H2,1-4H3,(H,42,43)(H,44,45). The SMILES string of the molecule is CCCCCC1OC2C3=C(C(=O)C4(CC=C(C)C(=O)O)OC4C3O)C1C1C(CCCCC)OC=C3C(=O)C4OC4(CC=C(C)C(=O)O)C(=O)C321. The van der Waals surface area contributed by atoms with Crippen molar-refractivity contribution in [1.82, 2.24) is 0 Å². The maximum absolute atomic E-state index is 15.4. The van der Waals surface area contributed by atoms with Crippen molar-refractivity contribution in [2.75, 3.05) is 0 Å². The third-order valence-electron chi connectivity index (χ3n) is 12.4. The van der Waals surface area contributed by atoms with Crippen LogP contribution in [0, 0.1) is 17.3 Å². The summed E-state index contributed by atoms with van der Waals surface area (Å²) in [6.07, 6.45) is 4.73. The first-order valence-electron chi connectivity index (χ1n) is 18.1.